The molecule has 0 aliphatic carbocycles. The van der Waals surface area contributed by atoms with Crippen molar-refractivity contribution in [3.05, 3.63) is 95.1 Å². The normalized spacial score (nSPS) is 14.0. The Hall–Kier alpha value is -4.06. The number of allylic oxidation sites excluding steroid dienone is 1. The van der Waals surface area contributed by atoms with Crippen molar-refractivity contribution in [2.24, 2.45) is 7.05 Å². The molecule has 0 saturated heterocycles. The summed E-state index contributed by atoms with van der Waals surface area (Å²) in [6.07, 6.45) is 3.71. The van der Waals surface area contributed by atoms with Crippen molar-refractivity contribution in [2.75, 3.05) is 7.11 Å². The van der Waals surface area contributed by atoms with E-state index in [1.54, 1.807) is 43.5 Å². The molecule has 2 heterocycles. The van der Waals surface area contributed by atoms with E-state index < -0.39 is 0 Å². The summed E-state index contributed by atoms with van der Waals surface area (Å²) in [5.41, 5.74) is 3.22. The molecule has 1 aliphatic rings. The third-order valence-electron chi connectivity index (χ3n) is 5.47. The van der Waals surface area contributed by atoms with Gasteiger partial charge >= 0.3 is 0 Å². The van der Waals surface area contributed by atoms with Crippen LogP contribution in [0.4, 0.5) is 4.39 Å². The first-order chi connectivity index (χ1) is 15.5. The number of carbonyl (C=O) groups excluding carboxylic acids is 1. The van der Waals surface area contributed by atoms with Gasteiger partial charge < -0.3 is 18.8 Å². The Balaban J connectivity index is 1.40. The molecule has 0 radical (unpaired) electrons. The Kier molecular flexibility index (Phi) is 4.90. The number of rotatable bonds is 5. The number of benzene rings is 3. The van der Waals surface area contributed by atoms with Crippen LogP contribution in [-0.2, 0) is 13.7 Å². The Bertz CT molecular complexity index is 1370. The van der Waals surface area contributed by atoms with Crippen molar-refractivity contribution >= 4 is 22.8 Å². The van der Waals surface area contributed by atoms with E-state index in [-0.39, 0.29) is 24.0 Å². The van der Waals surface area contributed by atoms with Crippen molar-refractivity contribution in [1.29, 1.82) is 0 Å². The van der Waals surface area contributed by atoms with Gasteiger partial charge in [0, 0.05) is 35.8 Å². The number of ether oxygens (including phenoxy) is 3. The van der Waals surface area contributed by atoms with Crippen LogP contribution in [0, 0.1) is 5.82 Å². The maximum atomic E-state index is 13.1. The number of aromatic nitrogens is 1. The summed E-state index contributed by atoms with van der Waals surface area (Å²) >= 11 is 0. The zero-order valence-corrected chi connectivity index (χ0v) is 17.6. The van der Waals surface area contributed by atoms with Crippen LogP contribution in [-0.4, -0.2) is 17.5 Å². The predicted octanol–water partition coefficient (Wildman–Crippen LogP) is 5.52. The van der Waals surface area contributed by atoms with Gasteiger partial charge in [-0.25, -0.2) is 4.39 Å². The quantitative estimate of drug-likeness (QED) is 0.392. The summed E-state index contributed by atoms with van der Waals surface area (Å²) in [7, 11) is 3.58. The maximum absolute atomic E-state index is 13.1. The van der Waals surface area contributed by atoms with Crippen molar-refractivity contribution in [2.45, 2.75) is 6.61 Å². The smallest absolute Gasteiger partial charge is 0.231 e. The minimum Gasteiger partial charge on any atom is -0.497 e. The fourth-order valence-electron chi connectivity index (χ4n) is 3.79. The van der Waals surface area contributed by atoms with E-state index in [0.717, 1.165) is 27.8 Å². The monoisotopic (exact) mass is 429 g/mol. The molecule has 0 spiro atoms. The Morgan fingerprint density at radius 1 is 1.03 bits per heavy atom. The highest BCUT2D eigenvalue weighted by Crippen LogP contribution is 2.36. The lowest BCUT2D eigenvalue weighted by Crippen LogP contribution is -1.98. The number of hydrogen-bond donors (Lipinski definition) is 0. The summed E-state index contributed by atoms with van der Waals surface area (Å²) < 4.78 is 32.1. The molecule has 1 aliphatic heterocycles. The molecule has 4 aromatic rings. The van der Waals surface area contributed by atoms with Gasteiger partial charge in [-0.1, -0.05) is 12.1 Å². The molecule has 1 aromatic heterocycles. The van der Waals surface area contributed by atoms with Crippen LogP contribution in [0.25, 0.3) is 17.0 Å². The molecule has 0 N–H and O–H groups in total. The summed E-state index contributed by atoms with van der Waals surface area (Å²) in [5, 5.41) is 0.968. The second-order valence-electron chi connectivity index (χ2n) is 7.59. The van der Waals surface area contributed by atoms with Crippen LogP contribution in [0.3, 0.4) is 0 Å². The lowest BCUT2D eigenvalue weighted by Gasteiger charge is -2.07. The van der Waals surface area contributed by atoms with Crippen LogP contribution >= 0.6 is 0 Å². The molecular weight excluding hydrogens is 409 g/mol. The SMILES string of the molecule is COc1ccc2c(c1)c(/C=C1/Oc3cc(OCc4ccc(F)cc4)ccc3C1=O)cn2C. The van der Waals surface area contributed by atoms with Gasteiger partial charge in [-0.3, -0.25) is 4.79 Å². The Morgan fingerprint density at radius 3 is 2.59 bits per heavy atom. The molecule has 5 rings (SSSR count). The van der Waals surface area contributed by atoms with E-state index in [1.165, 1.54) is 12.1 Å². The molecule has 32 heavy (non-hydrogen) atoms. The summed E-state index contributed by atoms with van der Waals surface area (Å²) in [5.74, 6) is 1.55. The molecule has 0 saturated carbocycles. The van der Waals surface area contributed by atoms with Gasteiger partial charge in [0.2, 0.25) is 5.78 Å². The minimum absolute atomic E-state index is 0.176. The maximum Gasteiger partial charge on any atom is 0.231 e. The molecule has 0 unspecified atom stereocenters. The molecule has 0 amide bonds. The molecule has 0 atom stereocenters. The molecule has 6 heteroatoms. The van der Waals surface area contributed by atoms with E-state index in [2.05, 4.69) is 0 Å². The van der Waals surface area contributed by atoms with Gasteiger partial charge in [0.05, 0.1) is 12.7 Å². The Labute approximate surface area is 184 Å². The van der Waals surface area contributed by atoms with E-state index in [4.69, 9.17) is 14.2 Å². The van der Waals surface area contributed by atoms with Crippen molar-refractivity contribution in [1.82, 2.24) is 4.57 Å². The number of hydrogen-bond acceptors (Lipinski definition) is 4. The molecule has 0 fully saturated rings. The van der Waals surface area contributed by atoms with Gasteiger partial charge in [-0.2, -0.15) is 0 Å². The van der Waals surface area contributed by atoms with Crippen molar-refractivity contribution < 1.29 is 23.4 Å². The van der Waals surface area contributed by atoms with Gasteiger partial charge in [0.15, 0.2) is 5.76 Å². The van der Waals surface area contributed by atoms with Crippen molar-refractivity contribution in [3.63, 3.8) is 0 Å². The number of Topliss-reactive ketones (excluding diaryl/α,β-unsaturated/α-hetero) is 1. The second-order valence-corrected chi connectivity index (χ2v) is 7.59. The predicted molar refractivity (Wildman–Crippen MR) is 120 cm³/mol. The van der Waals surface area contributed by atoms with Crippen molar-refractivity contribution in [3.8, 4) is 17.2 Å². The van der Waals surface area contributed by atoms with E-state index in [0.29, 0.717) is 17.1 Å². The highest BCUT2D eigenvalue weighted by molar-refractivity contribution is 6.15. The molecular formula is C26H20FNO4. The van der Waals surface area contributed by atoms with Crippen LogP contribution < -0.4 is 14.2 Å². The van der Waals surface area contributed by atoms with Crippen LogP contribution in [0.15, 0.2) is 72.6 Å². The number of aryl methyl sites for hydroxylation is 1. The standard InChI is InChI=1S/C26H20FNO4/c1-28-14-17(22-12-19(30-2)8-10-23(22)28)11-25-26(29)21-9-7-20(13-24(21)32-25)31-15-16-3-5-18(27)6-4-16/h3-14H,15H2,1-2H3/b25-11+. The molecule has 3 aromatic carbocycles. The topological polar surface area (TPSA) is 49.7 Å². The minimum atomic E-state index is -0.290. The largest absolute Gasteiger partial charge is 0.497 e. The third kappa shape index (κ3) is 3.60. The summed E-state index contributed by atoms with van der Waals surface area (Å²) in [6, 6.07) is 17.1. The average Bonchev–Trinajstić information content (AvgIpc) is 3.29. The fourth-order valence-corrected chi connectivity index (χ4v) is 3.79. The van der Waals surface area contributed by atoms with Gasteiger partial charge in [0.25, 0.3) is 0 Å². The number of carbonyl (C=O) groups is 1. The van der Waals surface area contributed by atoms with Gasteiger partial charge in [-0.15, -0.1) is 0 Å². The number of ketones is 1. The average molecular weight is 429 g/mol. The molecule has 160 valence electrons. The van der Waals surface area contributed by atoms with E-state index >= 15 is 0 Å². The third-order valence-corrected chi connectivity index (χ3v) is 5.47. The lowest BCUT2D eigenvalue weighted by atomic mass is 10.1. The second kappa shape index (κ2) is 7.89. The Morgan fingerprint density at radius 2 is 1.81 bits per heavy atom. The number of fused-ring (bicyclic) bond motifs is 2. The van der Waals surface area contributed by atoms with Gasteiger partial charge in [0.1, 0.15) is 29.7 Å². The summed E-state index contributed by atoms with van der Waals surface area (Å²) in [6.45, 7) is 0.285. The number of methoxy groups -OCH3 is 1. The summed E-state index contributed by atoms with van der Waals surface area (Å²) in [4.78, 5) is 12.9. The zero-order chi connectivity index (χ0) is 22.2. The highest BCUT2D eigenvalue weighted by atomic mass is 19.1. The van der Waals surface area contributed by atoms with Gasteiger partial charge in [-0.05, 0) is 54.1 Å². The lowest BCUT2D eigenvalue weighted by molar-refractivity contribution is 0.101. The number of halogens is 1. The van der Waals surface area contributed by atoms with Crippen LogP contribution in [0.2, 0.25) is 0 Å². The zero-order valence-electron chi connectivity index (χ0n) is 17.6. The van der Waals surface area contributed by atoms with Crippen LogP contribution in [0.1, 0.15) is 21.5 Å². The molecule has 5 nitrogen and oxygen atoms in total. The molecule has 0 bridgehead atoms. The van der Waals surface area contributed by atoms with E-state index in [1.807, 2.05) is 36.0 Å². The number of nitrogens with zero attached hydrogens (tertiary/aromatic N) is 1. The van der Waals surface area contributed by atoms with Crippen LogP contribution in [0.5, 0.6) is 17.2 Å². The highest BCUT2D eigenvalue weighted by Gasteiger charge is 2.28. The fraction of sp³-hybridized carbons (Fsp3) is 0.115. The first kappa shape index (κ1) is 19.9. The first-order valence-corrected chi connectivity index (χ1v) is 10.1. The first-order valence-electron chi connectivity index (χ1n) is 10.1. The van der Waals surface area contributed by atoms with E-state index in [9.17, 15) is 9.18 Å².